The molecular formula is C22H25F2N3O4S. The molecule has 2 aliphatic carbocycles. The second-order valence-corrected chi connectivity index (χ2v) is 10.6. The second kappa shape index (κ2) is 9.09. The van der Waals surface area contributed by atoms with Gasteiger partial charge in [-0.25, -0.2) is 27.2 Å². The van der Waals surface area contributed by atoms with Crippen LogP contribution in [0.2, 0.25) is 0 Å². The van der Waals surface area contributed by atoms with Gasteiger partial charge in [-0.05, 0) is 55.7 Å². The highest BCUT2D eigenvalue weighted by Crippen LogP contribution is 2.39. The van der Waals surface area contributed by atoms with Gasteiger partial charge in [-0.15, -0.1) is 0 Å². The van der Waals surface area contributed by atoms with E-state index in [2.05, 4.69) is 15.3 Å². The van der Waals surface area contributed by atoms with Crippen LogP contribution >= 0.6 is 0 Å². The van der Waals surface area contributed by atoms with E-state index >= 15 is 0 Å². The Morgan fingerprint density at radius 1 is 1.12 bits per heavy atom. The number of halogens is 2. The quantitative estimate of drug-likeness (QED) is 0.640. The molecule has 0 bridgehead atoms. The van der Waals surface area contributed by atoms with Gasteiger partial charge in [0.2, 0.25) is 11.8 Å². The van der Waals surface area contributed by atoms with E-state index < -0.39 is 34.0 Å². The van der Waals surface area contributed by atoms with Crippen molar-refractivity contribution in [3.8, 4) is 5.88 Å². The first-order valence-corrected chi connectivity index (χ1v) is 12.1. The van der Waals surface area contributed by atoms with Crippen LogP contribution in [0.15, 0.2) is 41.6 Å². The van der Waals surface area contributed by atoms with Crippen LogP contribution in [0, 0.1) is 5.92 Å². The molecule has 7 nitrogen and oxygen atoms in total. The molecule has 10 heteroatoms. The van der Waals surface area contributed by atoms with Crippen LogP contribution in [0.5, 0.6) is 5.88 Å². The van der Waals surface area contributed by atoms with Gasteiger partial charge in [-0.3, -0.25) is 4.79 Å². The third-order valence-electron chi connectivity index (χ3n) is 6.06. The second-order valence-electron chi connectivity index (χ2n) is 8.40. The number of sulfone groups is 1. The number of anilines is 1. The van der Waals surface area contributed by atoms with E-state index in [0.29, 0.717) is 24.3 Å². The first kappa shape index (κ1) is 22.6. The number of carbonyl (C=O) groups is 1. The number of ether oxygens (including phenoxy) is 1. The van der Waals surface area contributed by atoms with E-state index in [4.69, 9.17) is 4.74 Å². The van der Waals surface area contributed by atoms with Gasteiger partial charge in [0.1, 0.15) is 12.3 Å². The van der Waals surface area contributed by atoms with Gasteiger partial charge in [-0.2, -0.15) is 0 Å². The molecule has 1 amide bonds. The molecule has 1 N–H and O–H groups in total. The van der Waals surface area contributed by atoms with E-state index in [-0.39, 0.29) is 41.1 Å². The lowest BCUT2D eigenvalue weighted by Crippen LogP contribution is -2.24. The average molecular weight is 466 g/mol. The summed E-state index contributed by atoms with van der Waals surface area (Å²) in [5, 5.41) is 2.36. The predicted molar refractivity (Wildman–Crippen MR) is 114 cm³/mol. The molecule has 4 rings (SSSR count). The normalized spacial score (nSPS) is 24.2. The number of alkyl halides is 2. The summed E-state index contributed by atoms with van der Waals surface area (Å²) >= 11 is 0. The van der Waals surface area contributed by atoms with Crippen molar-refractivity contribution in [3.63, 3.8) is 0 Å². The number of carbonyl (C=O) groups excluding carboxylic acids is 1. The Morgan fingerprint density at radius 2 is 1.78 bits per heavy atom. The van der Waals surface area contributed by atoms with Crippen molar-refractivity contribution in [2.24, 2.45) is 5.92 Å². The molecule has 1 aromatic heterocycles. The summed E-state index contributed by atoms with van der Waals surface area (Å²) < 4.78 is 57.4. The lowest BCUT2D eigenvalue weighted by Gasteiger charge is -2.20. The van der Waals surface area contributed by atoms with E-state index in [0.717, 1.165) is 0 Å². The molecule has 0 radical (unpaired) electrons. The SMILES string of the molecule is COc1cnc(NC(=O)[C@H](C[C@H]2C[C@@H](F)[C@@H](F)C2)c2ccc(S(=O)(=O)C3CC3)cc2)cn1. The maximum atomic E-state index is 13.7. The van der Waals surface area contributed by atoms with Gasteiger partial charge in [0.25, 0.3) is 0 Å². The fourth-order valence-corrected chi connectivity index (χ4v) is 5.77. The van der Waals surface area contributed by atoms with Crippen LogP contribution in [0.1, 0.15) is 43.6 Å². The number of hydrogen-bond donors (Lipinski definition) is 1. The van der Waals surface area contributed by atoms with Gasteiger partial charge in [-0.1, -0.05) is 12.1 Å². The number of methoxy groups -OCH3 is 1. The average Bonchev–Trinajstić information content (AvgIpc) is 3.59. The molecule has 0 spiro atoms. The number of nitrogens with one attached hydrogen (secondary N) is 1. The first-order valence-electron chi connectivity index (χ1n) is 10.6. The lowest BCUT2D eigenvalue weighted by molar-refractivity contribution is -0.118. The molecule has 0 saturated heterocycles. The van der Waals surface area contributed by atoms with E-state index in [1.54, 1.807) is 12.1 Å². The highest BCUT2D eigenvalue weighted by Gasteiger charge is 2.38. The van der Waals surface area contributed by atoms with Crippen molar-refractivity contribution in [1.82, 2.24) is 9.97 Å². The largest absolute Gasteiger partial charge is 0.480 e. The van der Waals surface area contributed by atoms with Gasteiger partial charge in [0.05, 0.1) is 35.6 Å². The first-order chi connectivity index (χ1) is 15.3. The van der Waals surface area contributed by atoms with Crippen LogP contribution < -0.4 is 10.1 Å². The van der Waals surface area contributed by atoms with Crippen molar-refractivity contribution in [2.75, 3.05) is 12.4 Å². The highest BCUT2D eigenvalue weighted by molar-refractivity contribution is 7.92. The Bertz CT molecular complexity index is 1050. The third kappa shape index (κ3) is 4.90. The Balaban J connectivity index is 1.55. The van der Waals surface area contributed by atoms with Crippen molar-refractivity contribution >= 4 is 21.6 Å². The smallest absolute Gasteiger partial charge is 0.233 e. The highest BCUT2D eigenvalue weighted by atomic mass is 32.2. The summed E-state index contributed by atoms with van der Waals surface area (Å²) in [6.07, 6.45) is 1.34. The number of amides is 1. The maximum absolute atomic E-state index is 13.7. The van der Waals surface area contributed by atoms with Crippen LogP contribution in [0.25, 0.3) is 0 Å². The predicted octanol–water partition coefficient (Wildman–Crippen LogP) is 3.62. The molecule has 32 heavy (non-hydrogen) atoms. The summed E-state index contributed by atoms with van der Waals surface area (Å²) in [5.74, 6) is -0.917. The number of rotatable bonds is 8. The Kier molecular flexibility index (Phi) is 6.41. The molecule has 1 aromatic carbocycles. The summed E-state index contributed by atoms with van der Waals surface area (Å²) in [7, 11) is -1.90. The van der Waals surface area contributed by atoms with Crippen LogP contribution in [0.4, 0.5) is 14.6 Å². The number of benzene rings is 1. The molecule has 0 aliphatic heterocycles. The van der Waals surface area contributed by atoms with Crippen LogP contribution in [0.3, 0.4) is 0 Å². The zero-order valence-corrected chi connectivity index (χ0v) is 18.4. The third-order valence-corrected chi connectivity index (χ3v) is 8.34. The maximum Gasteiger partial charge on any atom is 0.233 e. The van der Waals surface area contributed by atoms with Crippen molar-refractivity contribution in [2.45, 2.75) is 60.5 Å². The van der Waals surface area contributed by atoms with Crippen LogP contribution in [-0.4, -0.2) is 49.0 Å². The van der Waals surface area contributed by atoms with Gasteiger partial charge >= 0.3 is 0 Å². The van der Waals surface area contributed by atoms with Crippen LogP contribution in [-0.2, 0) is 14.6 Å². The fourth-order valence-electron chi connectivity index (χ4n) is 4.11. The monoisotopic (exact) mass is 465 g/mol. The minimum Gasteiger partial charge on any atom is -0.480 e. The molecule has 0 unspecified atom stereocenters. The molecule has 1 heterocycles. The van der Waals surface area contributed by atoms with Crippen molar-refractivity contribution in [3.05, 3.63) is 42.2 Å². The minimum absolute atomic E-state index is 0.0570. The number of hydrogen-bond acceptors (Lipinski definition) is 6. The molecular weight excluding hydrogens is 440 g/mol. The molecule has 2 aliphatic rings. The summed E-state index contributed by atoms with van der Waals surface area (Å²) in [5.41, 5.74) is 0.580. The standard InChI is InChI=1S/C22H25F2N3O4S/c1-31-21-12-25-20(11-26-21)27-22(28)17(8-13-9-18(23)19(24)10-13)14-2-4-15(5-3-14)32(29,30)16-6-7-16/h2-5,11-13,16-19H,6-10H2,1H3,(H,25,27,28)/t13-,17-,18+,19-/m1/s1. The topological polar surface area (TPSA) is 98.2 Å². The summed E-state index contributed by atoms with van der Waals surface area (Å²) in [4.78, 5) is 21.4. The van der Waals surface area contributed by atoms with Gasteiger partial charge in [0, 0.05) is 0 Å². The zero-order chi connectivity index (χ0) is 22.9. The lowest BCUT2D eigenvalue weighted by atomic mass is 9.87. The molecule has 4 atom stereocenters. The van der Waals surface area contributed by atoms with E-state index in [9.17, 15) is 22.0 Å². The Labute approximate surface area is 185 Å². The van der Waals surface area contributed by atoms with Crippen molar-refractivity contribution in [1.29, 1.82) is 0 Å². The fraction of sp³-hybridized carbons (Fsp3) is 0.500. The van der Waals surface area contributed by atoms with Gasteiger partial charge in [0.15, 0.2) is 15.7 Å². The van der Waals surface area contributed by atoms with Gasteiger partial charge < -0.3 is 10.1 Å². The number of aromatic nitrogens is 2. The number of nitrogens with zero attached hydrogens (tertiary/aromatic N) is 2. The Hall–Kier alpha value is -2.62. The molecule has 2 aromatic rings. The molecule has 2 fully saturated rings. The molecule has 172 valence electrons. The Morgan fingerprint density at radius 3 is 2.31 bits per heavy atom. The molecule has 2 saturated carbocycles. The zero-order valence-electron chi connectivity index (χ0n) is 17.6. The van der Waals surface area contributed by atoms with E-state index in [1.165, 1.54) is 31.6 Å². The van der Waals surface area contributed by atoms with Crippen molar-refractivity contribution < 1.29 is 26.7 Å². The summed E-state index contributed by atoms with van der Waals surface area (Å²) in [6.45, 7) is 0. The van der Waals surface area contributed by atoms with E-state index in [1.807, 2.05) is 0 Å². The minimum atomic E-state index is -3.35. The summed E-state index contributed by atoms with van der Waals surface area (Å²) in [6, 6.07) is 6.21.